The van der Waals surface area contributed by atoms with Crippen LogP contribution in [0.1, 0.15) is 5.56 Å². The number of hydrogen-bond donors (Lipinski definition) is 1. The van der Waals surface area contributed by atoms with E-state index in [1.54, 1.807) is 24.3 Å². The van der Waals surface area contributed by atoms with Gasteiger partial charge in [-0.15, -0.1) is 0 Å². The van der Waals surface area contributed by atoms with Gasteiger partial charge in [0, 0.05) is 23.9 Å². The van der Waals surface area contributed by atoms with E-state index in [4.69, 9.17) is 21.1 Å². The van der Waals surface area contributed by atoms with Crippen LogP contribution in [0.3, 0.4) is 0 Å². The van der Waals surface area contributed by atoms with Gasteiger partial charge in [0.25, 0.3) is 5.69 Å². The molecule has 0 atom stereocenters. The third-order valence-electron chi connectivity index (χ3n) is 3.25. The molecule has 0 bridgehead atoms. The minimum absolute atomic E-state index is 0.0388. The van der Waals surface area contributed by atoms with Crippen LogP contribution in [-0.4, -0.2) is 25.1 Å². The summed E-state index contributed by atoms with van der Waals surface area (Å²) in [6.07, 6.45) is 2.73. The van der Waals surface area contributed by atoms with Crippen LogP contribution in [0.5, 0.6) is 11.5 Å². The van der Waals surface area contributed by atoms with Crippen LogP contribution in [0.2, 0.25) is 5.02 Å². The van der Waals surface area contributed by atoms with E-state index in [0.29, 0.717) is 22.7 Å². The Bertz CT molecular complexity index is 836. The Balaban J connectivity index is 2.11. The van der Waals surface area contributed by atoms with Crippen molar-refractivity contribution in [2.24, 2.45) is 0 Å². The van der Waals surface area contributed by atoms with Crippen molar-refractivity contribution in [2.45, 2.75) is 0 Å². The van der Waals surface area contributed by atoms with Crippen LogP contribution in [0.25, 0.3) is 6.08 Å². The first-order valence-electron chi connectivity index (χ1n) is 7.09. The average molecular weight is 363 g/mol. The van der Waals surface area contributed by atoms with Crippen LogP contribution in [0.15, 0.2) is 42.5 Å². The molecule has 2 aromatic carbocycles. The highest BCUT2D eigenvalue weighted by molar-refractivity contribution is 6.32. The lowest BCUT2D eigenvalue weighted by Crippen LogP contribution is -2.08. The quantitative estimate of drug-likeness (QED) is 0.478. The van der Waals surface area contributed by atoms with Gasteiger partial charge in [-0.2, -0.15) is 0 Å². The van der Waals surface area contributed by atoms with Crippen molar-refractivity contribution < 1.29 is 19.2 Å². The summed E-state index contributed by atoms with van der Waals surface area (Å²) in [4.78, 5) is 22.3. The molecule has 0 aromatic heterocycles. The predicted octanol–water partition coefficient (Wildman–Crippen LogP) is 3.92. The molecular formula is C17H15ClN2O5. The maximum absolute atomic E-state index is 12.0. The fraction of sp³-hybridized carbons (Fsp3) is 0.118. The first-order valence-corrected chi connectivity index (χ1v) is 7.47. The Morgan fingerprint density at radius 1 is 1.16 bits per heavy atom. The van der Waals surface area contributed by atoms with Gasteiger partial charge in [-0.1, -0.05) is 17.7 Å². The van der Waals surface area contributed by atoms with E-state index >= 15 is 0 Å². The second-order valence-corrected chi connectivity index (χ2v) is 5.27. The normalized spacial score (nSPS) is 10.5. The Morgan fingerprint density at radius 3 is 2.52 bits per heavy atom. The van der Waals surface area contributed by atoms with Crippen molar-refractivity contribution >= 4 is 35.0 Å². The molecule has 8 heteroatoms. The minimum Gasteiger partial charge on any atom is -0.493 e. The standard InChI is InChI=1S/C17H15ClN2O5/c1-24-15-7-5-12(10-16(15)25-2)19-17(21)8-4-11-3-6-13(18)14(9-11)20(22)23/h3-10H,1-2H3,(H,19,21)/b8-4+. The van der Waals surface area contributed by atoms with E-state index in [2.05, 4.69) is 5.32 Å². The number of ether oxygens (including phenoxy) is 2. The molecule has 0 spiro atoms. The molecule has 1 amide bonds. The molecule has 0 aliphatic carbocycles. The number of carbonyl (C=O) groups excluding carboxylic acids is 1. The smallest absolute Gasteiger partial charge is 0.288 e. The lowest BCUT2D eigenvalue weighted by molar-refractivity contribution is -0.384. The van der Waals surface area contributed by atoms with E-state index in [9.17, 15) is 14.9 Å². The molecule has 0 aliphatic heterocycles. The first-order chi connectivity index (χ1) is 11.9. The second-order valence-electron chi connectivity index (χ2n) is 4.86. The van der Waals surface area contributed by atoms with E-state index in [1.165, 1.54) is 38.5 Å². The monoisotopic (exact) mass is 362 g/mol. The molecule has 1 N–H and O–H groups in total. The van der Waals surface area contributed by atoms with E-state index in [0.717, 1.165) is 0 Å². The van der Waals surface area contributed by atoms with Gasteiger partial charge in [-0.05, 0) is 29.8 Å². The van der Waals surface area contributed by atoms with Gasteiger partial charge in [-0.3, -0.25) is 14.9 Å². The van der Waals surface area contributed by atoms with Gasteiger partial charge in [0.2, 0.25) is 5.91 Å². The molecule has 0 radical (unpaired) electrons. The second kappa shape index (κ2) is 8.16. The molecule has 2 rings (SSSR count). The van der Waals surface area contributed by atoms with E-state index in [-0.39, 0.29) is 10.7 Å². The number of nitrogens with one attached hydrogen (secondary N) is 1. The zero-order valence-corrected chi connectivity index (χ0v) is 14.2. The minimum atomic E-state index is -0.580. The van der Waals surface area contributed by atoms with Gasteiger partial charge in [0.05, 0.1) is 19.1 Å². The summed E-state index contributed by atoms with van der Waals surface area (Å²) in [5, 5.41) is 13.6. The lowest BCUT2D eigenvalue weighted by Gasteiger charge is -2.09. The predicted molar refractivity (Wildman–Crippen MR) is 95.3 cm³/mol. The fourth-order valence-electron chi connectivity index (χ4n) is 2.04. The third kappa shape index (κ3) is 4.71. The molecule has 25 heavy (non-hydrogen) atoms. The van der Waals surface area contributed by atoms with Gasteiger partial charge >= 0.3 is 0 Å². The van der Waals surface area contributed by atoms with Crippen LogP contribution in [0, 0.1) is 10.1 Å². The molecule has 130 valence electrons. The summed E-state index contributed by atoms with van der Waals surface area (Å²) in [6, 6.07) is 9.24. The molecule has 0 fully saturated rings. The summed E-state index contributed by atoms with van der Waals surface area (Å²) in [6.45, 7) is 0. The summed E-state index contributed by atoms with van der Waals surface area (Å²) in [7, 11) is 3.01. The Labute approximate surface area is 149 Å². The zero-order chi connectivity index (χ0) is 18.4. The number of methoxy groups -OCH3 is 2. The van der Waals surface area contributed by atoms with Crippen molar-refractivity contribution in [3.05, 3.63) is 63.2 Å². The number of nitro groups is 1. The maximum atomic E-state index is 12.0. The number of hydrogen-bond acceptors (Lipinski definition) is 5. The van der Waals surface area contributed by atoms with Gasteiger partial charge in [0.15, 0.2) is 11.5 Å². The highest BCUT2D eigenvalue weighted by atomic mass is 35.5. The van der Waals surface area contributed by atoms with Crippen molar-refractivity contribution in [1.82, 2.24) is 0 Å². The topological polar surface area (TPSA) is 90.7 Å². The van der Waals surface area contributed by atoms with Crippen LogP contribution < -0.4 is 14.8 Å². The molecule has 7 nitrogen and oxygen atoms in total. The lowest BCUT2D eigenvalue weighted by atomic mass is 10.2. The number of benzene rings is 2. The molecule has 0 saturated carbocycles. The third-order valence-corrected chi connectivity index (χ3v) is 3.56. The summed E-state index contributed by atoms with van der Waals surface area (Å²) in [5.74, 6) is 0.631. The molecule has 0 aliphatic rings. The number of nitrogens with zero attached hydrogens (tertiary/aromatic N) is 1. The number of carbonyl (C=O) groups is 1. The Kier molecular flexibility index (Phi) is 5.97. The van der Waals surface area contributed by atoms with Crippen LogP contribution in [0.4, 0.5) is 11.4 Å². The molecule has 0 heterocycles. The Hall–Kier alpha value is -3.06. The molecule has 2 aromatic rings. The van der Waals surface area contributed by atoms with Gasteiger partial charge in [0.1, 0.15) is 5.02 Å². The SMILES string of the molecule is COc1ccc(NC(=O)/C=C/c2ccc(Cl)c([N+](=O)[O-])c2)cc1OC. The number of amides is 1. The molecule has 0 unspecified atom stereocenters. The van der Waals surface area contributed by atoms with Gasteiger partial charge < -0.3 is 14.8 Å². The highest BCUT2D eigenvalue weighted by Gasteiger charge is 2.12. The first kappa shape index (κ1) is 18.3. The maximum Gasteiger partial charge on any atom is 0.288 e. The van der Waals surface area contributed by atoms with Gasteiger partial charge in [-0.25, -0.2) is 0 Å². The number of anilines is 1. The fourth-order valence-corrected chi connectivity index (χ4v) is 2.23. The largest absolute Gasteiger partial charge is 0.493 e. The van der Waals surface area contributed by atoms with Crippen molar-refractivity contribution in [3.63, 3.8) is 0 Å². The molecule has 0 saturated heterocycles. The van der Waals surface area contributed by atoms with Crippen LogP contribution >= 0.6 is 11.6 Å². The highest BCUT2D eigenvalue weighted by Crippen LogP contribution is 2.30. The number of rotatable bonds is 6. The number of halogens is 1. The van der Waals surface area contributed by atoms with Crippen molar-refractivity contribution in [3.8, 4) is 11.5 Å². The summed E-state index contributed by atoms with van der Waals surface area (Å²) >= 11 is 5.75. The number of nitro benzene ring substituents is 1. The van der Waals surface area contributed by atoms with Crippen molar-refractivity contribution in [2.75, 3.05) is 19.5 Å². The summed E-state index contributed by atoms with van der Waals surface area (Å²) in [5.41, 5.74) is 0.789. The van der Waals surface area contributed by atoms with E-state index < -0.39 is 10.8 Å². The zero-order valence-electron chi connectivity index (χ0n) is 13.5. The average Bonchev–Trinajstić information content (AvgIpc) is 2.60. The van der Waals surface area contributed by atoms with Crippen LogP contribution in [-0.2, 0) is 4.79 Å². The molecular weight excluding hydrogens is 348 g/mol. The summed E-state index contributed by atoms with van der Waals surface area (Å²) < 4.78 is 10.3. The van der Waals surface area contributed by atoms with E-state index in [1.807, 2.05) is 0 Å². The Morgan fingerprint density at radius 2 is 1.88 bits per heavy atom. The van der Waals surface area contributed by atoms with Crippen molar-refractivity contribution in [1.29, 1.82) is 0 Å².